The van der Waals surface area contributed by atoms with Crippen LogP contribution in [0, 0.1) is 17.3 Å². The topological polar surface area (TPSA) is 212 Å². The highest BCUT2D eigenvalue weighted by Crippen LogP contribution is 2.52. The number of amides is 6. The normalized spacial score (nSPS) is 18.2. The zero-order valence-corrected chi connectivity index (χ0v) is 57.0. The molecule has 3 aliphatic heterocycles. The van der Waals surface area contributed by atoms with E-state index in [9.17, 15) is 29.1 Å². The summed E-state index contributed by atoms with van der Waals surface area (Å²) in [6, 6.07) is 5.14. The first kappa shape index (κ1) is 76.4. The van der Waals surface area contributed by atoms with Gasteiger partial charge in [-0.25, -0.2) is 19.3 Å². The number of nitrogens with two attached hydrogens (primary N) is 2. The van der Waals surface area contributed by atoms with Crippen molar-refractivity contribution >= 4 is 53.6 Å². The molecule has 0 aromatic heterocycles. The van der Waals surface area contributed by atoms with Crippen LogP contribution >= 0.6 is 23.7 Å². The van der Waals surface area contributed by atoms with E-state index in [1.807, 2.05) is 6.92 Å². The first-order valence-electron chi connectivity index (χ1n) is 35.3. The first-order chi connectivity index (χ1) is 43.0. The maximum atomic E-state index is 14.0. The molecule has 5 unspecified atom stereocenters. The number of rotatable bonds is 53. The standard InChI is InChI=1S/C72H122N8O6S2/c1-5-8-11-14-17-20-23-26-29-32-38-46-60(48-41-52-73)72(50-40-34-31-28-25-22-19-16-13-10-7-3,61(49-42-53-74)47-39-33-30-27-24-21-18-15-12-9-6-2)51-43-54-76-88-58(4)62-57-87-68-64(67(82)80(68)65(62)69(83)84)77-66(81)63(59-44-36-35-37-45-59)78-71(86)79-56-55-75-70(79)85/h26-31,35-37,44-45,58,60-61,63-64,68,76H,5-25,32-34,38-43,46-57,73-74H2,1-4H3,(H,75,85)(H,77,81)(H,78,86)(H,83,84)/b29-26-,30-27-,31-28-/t58?,60?,61?,63?,64?,68-,72?/m0/s1. The number of β-lactam (4-membered cyclic amide) rings is 1. The summed E-state index contributed by atoms with van der Waals surface area (Å²) in [5.74, 6) is -0.898. The van der Waals surface area contributed by atoms with E-state index in [4.69, 9.17) is 11.5 Å². The molecule has 3 heterocycles. The lowest BCUT2D eigenvalue weighted by Gasteiger charge is -2.50. The third-order valence-corrected chi connectivity index (χ3v) is 20.9. The molecule has 0 aliphatic carbocycles. The van der Waals surface area contributed by atoms with E-state index < -0.39 is 47.3 Å². The number of carbonyl (C=O) groups excluding carboxylic acids is 4. The van der Waals surface area contributed by atoms with Crippen LogP contribution in [0.3, 0.4) is 0 Å². The summed E-state index contributed by atoms with van der Waals surface area (Å²) in [6.45, 7) is 11.5. The van der Waals surface area contributed by atoms with Crippen LogP contribution in [-0.2, 0) is 14.4 Å². The fourth-order valence-corrected chi connectivity index (χ4v) is 16.0. The summed E-state index contributed by atoms with van der Waals surface area (Å²) in [5, 5.41) is 18.0. The van der Waals surface area contributed by atoms with Gasteiger partial charge >= 0.3 is 18.0 Å². The van der Waals surface area contributed by atoms with Crippen molar-refractivity contribution in [3.63, 3.8) is 0 Å². The molecule has 6 atom stereocenters. The molecule has 6 amide bonds. The van der Waals surface area contributed by atoms with Crippen LogP contribution in [0.2, 0.25) is 0 Å². The lowest BCUT2D eigenvalue weighted by Crippen LogP contribution is -2.71. The van der Waals surface area contributed by atoms with Crippen LogP contribution in [0.15, 0.2) is 78.1 Å². The van der Waals surface area contributed by atoms with Crippen molar-refractivity contribution in [2.45, 2.75) is 282 Å². The molecule has 498 valence electrons. The van der Waals surface area contributed by atoms with Gasteiger partial charge in [-0.2, -0.15) is 0 Å². The van der Waals surface area contributed by atoms with Gasteiger partial charge in [0.1, 0.15) is 23.2 Å². The molecule has 2 saturated heterocycles. The van der Waals surface area contributed by atoms with Gasteiger partial charge in [0.15, 0.2) is 0 Å². The van der Waals surface area contributed by atoms with E-state index in [1.54, 1.807) is 30.3 Å². The Morgan fingerprint density at radius 1 is 0.670 bits per heavy atom. The average molecular weight is 1260 g/mol. The van der Waals surface area contributed by atoms with Crippen molar-refractivity contribution in [2.75, 3.05) is 38.5 Å². The van der Waals surface area contributed by atoms with Crippen molar-refractivity contribution in [1.29, 1.82) is 0 Å². The minimum atomic E-state index is -1.20. The van der Waals surface area contributed by atoms with Gasteiger partial charge < -0.3 is 32.5 Å². The van der Waals surface area contributed by atoms with E-state index in [0.717, 1.165) is 82.1 Å². The number of urea groups is 2. The molecule has 3 aliphatic rings. The van der Waals surface area contributed by atoms with E-state index in [1.165, 1.54) is 189 Å². The molecular formula is C72H122N8O6S2. The molecule has 9 N–H and O–H groups in total. The molecular weight excluding hydrogens is 1140 g/mol. The maximum absolute atomic E-state index is 14.0. The van der Waals surface area contributed by atoms with Gasteiger partial charge in [0.2, 0.25) is 5.91 Å². The maximum Gasteiger partial charge on any atom is 0.352 e. The number of benzene rings is 1. The van der Waals surface area contributed by atoms with Gasteiger partial charge in [0, 0.05) is 30.6 Å². The number of carboxylic acid groups (broad SMARTS) is 1. The van der Waals surface area contributed by atoms with Crippen LogP contribution in [-0.4, -0.2) is 99.9 Å². The Hall–Kier alpha value is -4.09. The quantitative estimate of drug-likeness (QED) is 0.0141. The van der Waals surface area contributed by atoms with E-state index in [2.05, 4.69) is 77.9 Å². The Kier molecular flexibility index (Phi) is 40.7. The van der Waals surface area contributed by atoms with E-state index >= 15 is 0 Å². The minimum Gasteiger partial charge on any atom is -0.477 e. The van der Waals surface area contributed by atoms with Crippen LogP contribution < -0.4 is 32.1 Å². The number of hydrogen-bond acceptors (Lipinski definition) is 10. The first-order valence-corrected chi connectivity index (χ1v) is 37.3. The Bertz CT molecular complexity index is 2180. The Balaban J connectivity index is 1.54. The summed E-state index contributed by atoms with van der Waals surface area (Å²) in [4.78, 5) is 69.1. The second-order valence-electron chi connectivity index (χ2n) is 25.3. The fourth-order valence-electron chi connectivity index (χ4n) is 13.5. The van der Waals surface area contributed by atoms with Gasteiger partial charge in [-0.05, 0) is 183 Å². The number of thioether (sulfide) groups is 1. The van der Waals surface area contributed by atoms with Crippen molar-refractivity contribution in [1.82, 2.24) is 30.5 Å². The number of carbonyl (C=O) groups is 5. The molecule has 16 heteroatoms. The predicted octanol–water partition coefficient (Wildman–Crippen LogP) is 16.7. The molecule has 0 saturated carbocycles. The predicted molar refractivity (Wildman–Crippen MR) is 371 cm³/mol. The molecule has 2 fully saturated rings. The van der Waals surface area contributed by atoms with Crippen molar-refractivity contribution in [2.24, 2.45) is 28.7 Å². The second kappa shape index (κ2) is 46.9. The lowest BCUT2D eigenvalue weighted by molar-refractivity contribution is -0.151. The number of allylic oxidation sites excluding steroid dienone is 6. The van der Waals surface area contributed by atoms with Crippen LogP contribution in [0.1, 0.15) is 270 Å². The number of nitrogens with one attached hydrogen (secondary N) is 4. The Morgan fingerprint density at radius 3 is 1.64 bits per heavy atom. The molecule has 0 bridgehead atoms. The summed E-state index contributed by atoms with van der Waals surface area (Å²) >= 11 is 2.96. The van der Waals surface area contributed by atoms with E-state index in [0.29, 0.717) is 48.4 Å². The molecule has 0 radical (unpaired) electrons. The SMILES string of the molecule is CCCCCCCC/C=C\CCCC(CCCN)C(CCC/C=C\CCCCCCCC)(CCCNSC(C)C1=C(C(=O)O)N2C(=O)C(NC(=O)C(NC(=O)N3CCNC3=O)c3ccccc3)[C@@H]2SC1)C(CCCN)CCC/C=C\CCCCCCCC. The molecule has 0 spiro atoms. The van der Waals surface area contributed by atoms with Gasteiger partial charge in [0.25, 0.3) is 5.91 Å². The van der Waals surface area contributed by atoms with Gasteiger partial charge in [0.05, 0.1) is 0 Å². The number of nitrogens with zero attached hydrogens (tertiary/aromatic N) is 2. The second-order valence-corrected chi connectivity index (χ2v) is 27.7. The Morgan fingerprint density at radius 2 is 1.15 bits per heavy atom. The summed E-state index contributed by atoms with van der Waals surface area (Å²) < 4.78 is 3.72. The van der Waals surface area contributed by atoms with Crippen LogP contribution in [0.5, 0.6) is 0 Å². The van der Waals surface area contributed by atoms with Gasteiger partial charge in [-0.3, -0.25) is 19.2 Å². The number of fused-ring (bicyclic) bond motifs is 1. The van der Waals surface area contributed by atoms with E-state index in [-0.39, 0.29) is 22.9 Å². The number of carboxylic acids is 1. The molecule has 1 aromatic rings. The number of hydrogen-bond donors (Lipinski definition) is 7. The molecule has 14 nitrogen and oxygen atoms in total. The van der Waals surface area contributed by atoms with Crippen LogP contribution in [0.4, 0.5) is 9.59 Å². The minimum absolute atomic E-state index is 0.0333. The highest BCUT2D eigenvalue weighted by atomic mass is 32.2. The molecule has 88 heavy (non-hydrogen) atoms. The molecule has 4 rings (SSSR count). The summed E-state index contributed by atoms with van der Waals surface area (Å²) in [7, 11) is 0. The zero-order chi connectivity index (χ0) is 63.5. The monoisotopic (exact) mass is 1260 g/mol. The zero-order valence-electron chi connectivity index (χ0n) is 55.4. The van der Waals surface area contributed by atoms with Crippen molar-refractivity contribution < 1.29 is 29.1 Å². The van der Waals surface area contributed by atoms with Gasteiger partial charge in [-0.1, -0.05) is 196 Å². The summed E-state index contributed by atoms with van der Waals surface area (Å²) in [5.41, 5.74) is 14.1. The molecule has 1 aromatic carbocycles. The van der Waals surface area contributed by atoms with Crippen molar-refractivity contribution in [3.05, 3.63) is 83.6 Å². The average Bonchev–Trinajstić information content (AvgIpc) is 0.848. The third-order valence-electron chi connectivity index (χ3n) is 18.6. The third kappa shape index (κ3) is 27.4. The fraction of sp³-hybridized carbons (Fsp3) is 0.736. The highest BCUT2D eigenvalue weighted by Gasteiger charge is 2.55. The largest absolute Gasteiger partial charge is 0.477 e. The number of unbranched alkanes of at least 4 members (excludes halogenated alkanes) is 21. The smallest absolute Gasteiger partial charge is 0.352 e. The lowest BCUT2D eigenvalue weighted by atomic mass is 9.57. The highest BCUT2D eigenvalue weighted by molar-refractivity contribution is 8.00. The van der Waals surface area contributed by atoms with Gasteiger partial charge in [-0.15, -0.1) is 11.8 Å². The number of aliphatic carboxylic acids is 1. The van der Waals surface area contributed by atoms with Crippen LogP contribution in [0.25, 0.3) is 0 Å². The number of imide groups is 1. The van der Waals surface area contributed by atoms with Crippen molar-refractivity contribution in [3.8, 4) is 0 Å². The Labute approximate surface area is 542 Å². The summed E-state index contributed by atoms with van der Waals surface area (Å²) in [6.07, 6.45) is 58.8.